The number of nitrogens with one attached hydrogen (secondary N) is 1. The fraction of sp³-hybridized carbons (Fsp3) is 0.357. The third kappa shape index (κ3) is 1.14. The van der Waals surface area contributed by atoms with Gasteiger partial charge in [-0.3, -0.25) is 4.79 Å². The molecule has 1 saturated carbocycles. The van der Waals surface area contributed by atoms with Gasteiger partial charge in [-0.05, 0) is 48.5 Å². The molecule has 3 nitrogen and oxygen atoms in total. The lowest BCUT2D eigenvalue weighted by molar-refractivity contribution is 0.672. The monoisotopic (exact) mass is 226 g/mol. The average molecular weight is 226 g/mol. The molecule has 0 aromatic carbocycles. The number of H-pyrrole nitrogens is 1. The number of aromatic amines is 1. The van der Waals surface area contributed by atoms with Crippen molar-refractivity contribution in [2.45, 2.75) is 25.7 Å². The zero-order valence-corrected chi connectivity index (χ0v) is 9.57. The summed E-state index contributed by atoms with van der Waals surface area (Å²) in [5.74, 6) is 0.722. The van der Waals surface area contributed by atoms with E-state index < -0.39 is 0 Å². The summed E-state index contributed by atoms with van der Waals surface area (Å²) in [6.45, 7) is 0. The molecule has 0 bridgehead atoms. The third-order valence-electron chi connectivity index (χ3n) is 4.15. The minimum absolute atomic E-state index is 0.00504. The Morgan fingerprint density at radius 2 is 2.35 bits per heavy atom. The van der Waals surface area contributed by atoms with E-state index in [1.165, 1.54) is 29.8 Å². The lowest BCUT2D eigenvalue weighted by Crippen LogP contribution is -2.32. The van der Waals surface area contributed by atoms with E-state index in [0.29, 0.717) is 0 Å². The first kappa shape index (κ1) is 9.28. The molecule has 2 aliphatic rings. The van der Waals surface area contributed by atoms with Gasteiger partial charge in [0, 0.05) is 12.4 Å². The number of nitrogens with zero attached hydrogens (tertiary/aromatic N) is 1. The fourth-order valence-electron chi connectivity index (χ4n) is 3.39. The largest absolute Gasteiger partial charge is 0.326 e. The predicted molar refractivity (Wildman–Crippen MR) is 67.1 cm³/mol. The van der Waals surface area contributed by atoms with Crippen molar-refractivity contribution >= 4 is 17.2 Å². The summed E-state index contributed by atoms with van der Waals surface area (Å²) in [5.41, 5.74) is 2.34. The molecule has 2 aromatic rings. The van der Waals surface area contributed by atoms with Gasteiger partial charge in [0.15, 0.2) is 0 Å². The van der Waals surface area contributed by atoms with Crippen molar-refractivity contribution in [3.63, 3.8) is 0 Å². The Balaban J connectivity index is 2.30. The van der Waals surface area contributed by atoms with Crippen LogP contribution in [0, 0.1) is 5.92 Å². The fourth-order valence-corrected chi connectivity index (χ4v) is 3.39. The van der Waals surface area contributed by atoms with Crippen LogP contribution in [0.15, 0.2) is 23.3 Å². The van der Waals surface area contributed by atoms with Crippen LogP contribution >= 0.6 is 0 Å². The van der Waals surface area contributed by atoms with Gasteiger partial charge in [0.25, 0.3) is 5.56 Å². The lowest BCUT2D eigenvalue weighted by Gasteiger charge is -2.12. The average Bonchev–Trinajstić information content (AvgIpc) is 2.91. The maximum atomic E-state index is 11.8. The van der Waals surface area contributed by atoms with Crippen molar-refractivity contribution in [1.82, 2.24) is 9.38 Å². The van der Waals surface area contributed by atoms with Gasteiger partial charge in [0.2, 0.25) is 0 Å². The van der Waals surface area contributed by atoms with Crippen molar-refractivity contribution in [3.8, 4) is 0 Å². The Labute approximate surface area is 98.1 Å². The van der Waals surface area contributed by atoms with Crippen molar-refractivity contribution in [2.75, 3.05) is 0 Å². The van der Waals surface area contributed by atoms with E-state index in [1.54, 1.807) is 11.8 Å². The molecule has 0 aliphatic heterocycles. The normalized spacial score (nSPS) is 22.4. The molecule has 0 spiro atoms. The molecule has 0 saturated heterocycles. The van der Waals surface area contributed by atoms with E-state index in [1.807, 2.05) is 12.3 Å². The van der Waals surface area contributed by atoms with Crippen LogP contribution < -0.4 is 16.1 Å². The molecule has 0 radical (unpaired) electrons. The first-order valence-corrected chi connectivity index (χ1v) is 6.26. The van der Waals surface area contributed by atoms with E-state index in [9.17, 15) is 4.79 Å². The Morgan fingerprint density at radius 1 is 1.41 bits per heavy atom. The molecule has 1 atom stereocenters. The quantitative estimate of drug-likeness (QED) is 0.707. The SMILES string of the molecule is O=c1[nH]ccn2c3c(cc12)=CCC1CCCC=31. The number of hydrogen-bond acceptors (Lipinski definition) is 1. The number of hydrogen-bond donors (Lipinski definition) is 1. The molecule has 2 aromatic heterocycles. The molecule has 86 valence electrons. The molecule has 0 amide bonds. The maximum absolute atomic E-state index is 11.8. The number of fused-ring (bicyclic) bond motifs is 4. The second-order valence-corrected chi connectivity index (χ2v) is 5.05. The van der Waals surface area contributed by atoms with Crippen LogP contribution in [0.3, 0.4) is 0 Å². The second-order valence-electron chi connectivity index (χ2n) is 5.05. The lowest BCUT2D eigenvalue weighted by atomic mass is 9.94. The van der Waals surface area contributed by atoms with E-state index >= 15 is 0 Å². The van der Waals surface area contributed by atoms with Crippen LogP contribution in [-0.4, -0.2) is 9.38 Å². The molecule has 4 rings (SSSR count). The van der Waals surface area contributed by atoms with Crippen LogP contribution in [0.1, 0.15) is 25.7 Å². The van der Waals surface area contributed by atoms with Crippen molar-refractivity contribution < 1.29 is 0 Å². The summed E-state index contributed by atoms with van der Waals surface area (Å²) in [6.07, 6.45) is 10.9. The smallest absolute Gasteiger partial charge is 0.272 e. The van der Waals surface area contributed by atoms with E-state index in [2.05, 4.69) is 15.5 Å². The molecule has 2 aliphatic carbocycles. The van der Waals surface area contributed by atoms with Crippen LogP contribution in [0.2, 0.25) is 0 Å². The predicted octanol–water partition coefficient (Wildman–Crippen LogP) is 0.763. The molecular weight excluding hydrogens is 212 g/mol. The number of rotatable bonds is 0. The van der Waals surface area contributed by atoms with Crippen LogP contribution in [0.4, 0.5) is 0 Å². The van der Waals surface area contributed by atoms with Crippen molar-refractivity contribution in [1.29, 1.82) is 0 Å². The molecule has 1 N–H and O–H groups in total. The van der Waals surface area contributed by atoms with Crippen LogP contribution in [-0.2, 0) is 0 Å². The van der Waals surface area contributed by atoms with Gasteiger partial charge < -0.3 is 9.38 Å². The van der Waals surface area contributed by atoms with E-state index in [4.69, 9.17) is 0 Å². The topological polar surface area (TPSA) is 37.3 Å². The van der Waals surface area contributed by atoms with Crippen molar-refractivity contribution in [3.05, 3.63) is 39.4 Å². The minimum atomic E-state index is 0.00504. The van der Waals surface area contributed by atoms with Gasteiger partial charge in [-0.15, -0.1) is 0 Å². The second kappa shape index (κ2) is 3.13. The van der Waals surface area contributed by atoms with Gasteiger partial charge in [-0.25, -0.2) is 0 Å². The van der Waals surface area contributed by atoms with Gasteiger partial charge in [0.1, 0.15) is 5.52 Å². The van der Waals surface area contributed by atoms with Crippen LogP contribution in [0.25, 0.3) is 17.2 Å². The summed E-state index contributed by atoms with van der Waals surface area (Å²) in [7, 11) is 0. The summed E-state index contributed by atoms with van der Waals surface area (Å²) in [4.78, 5) is 14.5. The highest BCUT2D eigenvalue weighted by atomic mass is 16.1. The van der Waals surface area contributed by atoms with E-state index in [-0.39, 0.29) is 5.56 Å². The van der Waals surface area contributed by atoms with Crippen LogP contribution in [0.5, 0.6) is 0 Å². The Kier molecular flexibility index (Phi) is 1.71. The Hall–Kier alpha value is -1.77. The van der Waals surface area contributed by atoms with Crippen molar-refractivity contribution in [2.24, 2.45) is 5.92 Å². The maximum Gasteiger partial charge on any atom is 0.272 e. The summed E-state index contributed by atoms with van der Waals surface area (Å²) >= 11 is 0. The first-order chi connectivity index (χ1) is 8.34. The van der Waals surface area contributed by atoms with Gasteiger partial charge in [0.05, 0.1) is 5.35 Å². The highest BCUT2D eigenvalue weighted by Crippen LogP contribution is 2.34. The molecule has 1 fully saturated rings. The van der Waals surface area contributed by atoms with E-state index in [0.717, 1.165) is 17.9 Å². The minimum Gasteiger partial charge on any atom is -0.326 e. The molecule has 1 unspecified atom stereocenters. The zero-order chi connectivity index (χ0) is 11.4. The van der Waals surface area contributed by atoms with Gasteiger partial charge in [-0.1, -0.05) is 6.08 Å². The molecule has 2 heterocycles. The van der Waals surface area contributed by atoms with Gasteiger partial charge >= 0.3 is 0 Å². The molecular formula is C14H14N2O. The van der Waals surface area contributed by atoms with Gasteiger partial charge in [-0.2, -0.15) is 0 Å². The molecule has 3 heteroatoms. The highest BCUT2D eigenvalue weighted by Gasteiger charge is 2.24. The summed E-state index contributed by atoms with van der Waals surface area (Å²) in [6, 6.07) is 2.02. The number of aromatic nitrogens is 2. The third-order valence-corrected chi connectivity index (χ3v) is 4.15. The first-order valence-electron chi connectivity index (χ1n) is 6.26. The highest BCUT2D eigenvalue weighted by molar-refractivity contribution is 5.59. The standard InChI is InChI=1S/C14H14N2O/c17-14-12-8-10-5-4-9-2-1-3-11(9)13(10)16(12)7-6-15-14/h5-9H,1-4H2,(H,15,17). The Morgan fingerprint density at radius 3 is 3.29 bits per heavy atom. The Bertz CT molecular complexity index is 779. The summed E-state index contributed by atoms with van der Waals surface area (Å²) < 4.78 is 2.07. The summed E-state index contributed by atoms with van der Waals surface area (Å²) in [5, 5.41) is 2.54. The zero-order valence-electron chi connectivity index (χ0n) is 9.57. The molecule has 17 heavy (non-hydrogen) atoms.